The van der Waals surface area contributed by atoms with Crippen molar-refractivity contribution >= 4 is 34.9 Å². The first kappa shape index (κ1) is 19.2. The molecule has 28 heavy (non-hydrogen) atoms. The predicted molar refractivity (Wildman–Crippen MR) is 108 cm³/mol. The third kappa shape index (κ3) is 4.00. The van der Waals surface area contributed by atoms with Crippen LogP contribution >= 0.6 is 23.1 Å². The lowest BCUT2D eigenvalue weighted by molar-refractivity contribution is -0.131. The number of benzene rings is 1. The molecule has 2 amide bonds. The van der Waals surface area contributed by atoms with Gasteiger partial charge in [0.1, 0.15) is 16.4 Å². The molecular weight excluding hydrogens is 396 g/mol. The predicted octanol–water partition coefficient (Wildman–Crippen LogP) is 2.43. The highest BCUT2D eigenvalue weighted by Crippen LogP contribution is 2.33. The van der Waals surface area contributed by atoms with Crippen LogP contribution in [0, 0.1) is 13.8 Å². The van der Waals surface area contributed by atoms with Gasteiger partial charge < -0.3 is 15.0 Å². The van der Waals surface area contributed by atoms with Gasteiger partial charge in [-0.15, -0.1) is 10.2 Å². The minimum atomic E-state index is -0.462. The molecule has 1 aromatic heterocycles. The summed E-state index contributed by atoms with van der Waals surface area (Å²) < 4.78 is 7.15. The highest BCUT2D eigenvalue weighted by atomic mass is 32.2. The average molecular weight is 419 g/mol. The summed E-state index contributed by atoms with van der Waals surface area (Å²) in [5.41, 5.74) is 1.15. The number of nitrogens with zero attached hydrogens (tertiary/aromatic N) is 3. The summed E-state index contributed by atoms with van der Waals surface area (Å²) in [4.78, 5) is 26.8. The van der Waals surface area contributed by atoms with Gasteiger partial charge in [-0.05, 0) is 26.0 Å². The standard InChI is InChI=1S/C19H22N4O3S2/c1-12-3-4-15-14(9-12)17(25)20-11-19(26-15)5-7-23(8-6-19)16(24)10-27-18-22-21-13(2)28-18/h3-4,9H,5-8,10-11H2,1-2H3,(H,20,25). The second-order valence-electron chi connectivity index (χ2n) is 7.22. The lowest BCUT2D eigenvalue weighted by Gasteiger charge is -2.41. The van der Waals surface area contributed by atoms with Gasteiger partial charge in [0.05, 0.1) is 17.9 Å². The SMILES string of the molecule is Cc1ccc2c(c1)C(=O)NCC1(CCN(C(=O)CSc3nnc(C)s3)CC1)O2. The van der Waals surface area contributed by atoms with Gasteiger partial charge in [-0.2, -0.15) is 0 Å². The summed E-state index contributed by atoms with van der Waals surface area (Å²) in [6.07, 6.45) is 1.38. The first-order valence-corrected chi connectivity index (χ1v) is 11.0. The number of carbonyl (C=O) groups is 2. The average Bonchev–Trinajstić information content (AvgIpc) is 3.06. The van der Waals surface area contributed by atoms with Crippen molar-refractivity contribution in [2.75, 3.05) is 25.4 Å². The van der Waals surface area contributed by atoms with Gasteiger partial charge in [0, 0.05) is 25.9 Å². The topological polar surface area (TPSA) is 84.4 Å². The van der Waals surface area contributed by atoms with Crippen molar-refractivity contribution in [3.8, 4) is 5.75 Å². The first-order valence-electron chi connectivity index (χ1n) is 9.23. The minimum absolute atomic E-state index is 0.0985. The van der Waals surface area contributed by atoms with E-state index in [0.717, 1.165) is 14.9 Å². The maximum absolute atomic E-state index is 12.6. The quantitative estimate of drug-likeness (QED) is 0.771. The van der Waals surface area contributed by atoms with Crippen LogP contribution in [0.2, 0.25) is 0 Å². The number of hydrogen-bond acceptors (Lipinski definition) is 7. The Hall–Kier alpha value is -2.13. The van der Waals surface area contributed by atoms with E-state index in [2.05, 4.69) is 15.5 Å². The zero-order valence-corrected chi connectivity index (χ0v) is 17.5. The molecule has 1 N–H and O–H groups in total. The Morgan fingerprint density at radius 1 is 1.32 bits per heavy atom. The van der Waals surface area contributed by atoms with Crippen molar-refractivity contribution in [1.29, 1.82) is 0 Å². The van der Waals surface area contributed by atoms with E-state index in [4.69, 9.17) is 4.74 Å². The van der Waals surface area contributed by atoms with Gasteiger partial charge in [-0.3, -0.25) is 9.59 Å². The number of carbonyl (C=O) groups excluding carboxylic acids is 2. The number of aromatic nitrogens is 2. The molecule has 4 rings (SSSR count). The molecule has 3 heterocycles. The van der Waals surface area contributed by atoms with Crippen molar-refractivity contribution in [2.24, 2.45) is 0 Å². The summed E-state index contributed by atoms with van der Waals surface area (Å²) >= 11 is 2.93. The van der Waals surface area contributed by atoms with Crippen LogP contribution in [0.5, 0.6) is 5.75 Å². The molecule has 2 aromatic rings. The lowest BCUT2D eigenvalue weighted by Crippen LogP contribution is -2.54. The Kier molecular flexibility index (Phi) is 5.29. The number of amides is 2. The Labute approximate surface area is 171 Å². The van der Waals surface area contributed by atoms with Crippen molar-refractivity contribution in [2.45, 2.75) is 36.6 Å². The van der Waals surface area contributed by atoms with E-state index in [-0.39, 0.29) is 11.8 Å². The van der Waals surface area contributed by atoms with Gasteiger partial charge in [-0.25, -0.2) is 0 Å². The van der Waals surface area contributed by atoms with Crippen LogP contribution in [0.4, 0.5) is 0 Å². The number of thioether (sulfide) groups is 1. The number of hydrogen-bond donors (Lipinski definition) is 1. The summed E-state index contributed by atoms with van der Waals surface area (Å²) in [6, 6.07) is 5.68. The number of ether oxygens (including phenoxy) is 1. The smallest absolute Gasteiger partial charge is 0.255 e. The van der Waals surface area contributed by atoms with E-state index >= 15 is 0 Å². The number of aryl methyl sites for hydroxylation is 2. The van der Waals surface area contributed by atoms with E-state index in [0.29, 0.717) is 49.5 Å². The van der Waals surface area contributed by atoms with Gasteiger partial charge in [0.15, 0.2) is 4.34 Å². The molecule has 1 saturated heterocycles. The summed E-state index contributed by atoms with van der Waals surface area (Å²) in [5, 5.41) is 11.9. The van der Waals surface area contributed by atoms with Crippen LogP contribution in [0.15, 0.2) is 22.5 Å². The van der Waals surface area contributed by atoms with Crippen LogP contribution < -0.4 is 10.1 Å². The largest absolute Gasteiger partial charge is 0.484 e. The molecule has 0 radical (unpaired) electrons. The maximum atomic E-state index is 12.6. The Morgan fingerprint density at radius 3 is 2.82 bits per heavy atom. The lowest BCUT2D eigenvalue weighted by atomic mass is 9.91. The zero-order valence-electron chi connectivity index (χ0n) is 15.9. The molecule has 2 aliphatic rings. The Morgan fingerprint density at radius 2 is 2.11 bits per heavy atom. The number of likely N-dealkylation sites (tertiary alicyclic amines) is 1. The van der Waals surface area contributed by atoms with Crippen LogP contribution in [-0.4, -0.2) is 57.9 Å². The molecule has 1 fully saturated rings. The molecule has 0 aliphatic carbocycles. The molecule has 0 saturated carbocycles. The molecule has 2 aliphatic heterocycles. The second kappa shape index (κ2) is 7.71. The fraction of sp³-hybridized carbons (Fsp3) is 0.474. The first-order chi connectivity index (χ1) is 13.4. The Bertz CT molecular complexity index is 906. The number of fused-ring (bicyclic) bond motifs is 1. The minimum Gasteiger partial charge on any atom is -0.484 e. The highest BCUT2D eigenvalue weighted by molar-refractivity contribution is 8.01. The van der Waals surface area contributed by atoms with Gasteiger partial charge in [0.2, 0.25) is 5.91 Å². The molecule has 1 aromatic carbocycles. The van der Waals surface area contributed by atoms with Crippen molar-refractivity contribution in [3.05, 3.63) is 34.3 Å². The molecular formula is C19H22N4O3S2. The van der Waals surface area contributed by atoms with E-state index < -0.39 is 5.60 Å². The molecule has 9 heteroatoms. The van der Waals surface area contributed by atoms with Crippen LogP contribution in [0.3, 0.4) is 0 Å². The van der Waals surface area contributed by atoms with Crippen LogP contribution in [0.1, 0.15) is 33.8 Å². The van der Waals surface area contributed by atoms with Gasteiger partial charge in [-0.1, -0.05) is 34.7 Å². The summed E-state index contributed by atoms with van der Waals surface area (Å²) in [5.74, 6) is 0.989. The van der Waals surface area contributed by atoms with Crippen molar-refractivity contribution in [1.82, 2.24) is 20.4 Å². The van der Waals surface area contributed by atoms with Gasteiger partial charge in [0.25, 0.3) is 5.91 Å². The number of nitrogens with one attached hydrogen (secondary N) is 1. The molecule has 1 spiro atoms. The van der Waals surface area contributed by atoms with E-state index in [9.17, 15) is 9.59 Å². The fourth-order valence-electron chi connectivity index (χ4n) is 3.51. The summed E-state index contributed by atoms with van der Waals surface area (Å²) in [6.45, 7) is 5.55. The monoisotopic (exact) mass is 418 g/mol. The molecule has 0 bridgehead atoms. The van der Waals surface area contributed by atoms with Crippen molar-refractivity contribution in [3.63, 3.8) is 0 Å². The third-order valence-corrected chi connectivity index (χ3v) is 7.09. The fourth-order valence-corrected chi connectivity index (χ4v) is 5.23. The molecule has 148 valence electrons. The van der Waals surface area contributed by atoms with E-state index in [1.54, 1.807) is 0 Å². The van der Waals surface area contributed by atoms with E-state index in [1.807, 2.05) is 36.9 Å². The van der Waals surface area contributed by atoms with Crippen LogP contribution in [0.25, 0.3) is 0 Å². The molecule has 0 atom stereocenters. The second-order valence-corrected chi connectivity index (χ2v) is 9.63. The highest BCUT2D eigenvalue weighted by Gasteiger charge is 2.40. The molecule has 7 nitrogen and oxygen atoms in total. The van der Waals surface area contributed by atoms with Crippen molar-refractivity contribution < 1.29 is 14.3 Å². The van der Waals surface area contributed by atoms with Gasteiger partial charge >= 0.3 is 0 Å². The van der Waals surface area contributed by atoms with Crippen LogP contribution in [-0.2, 0) is 4.79 Å². The summed E-state index contributed by atoms with van der Waals surface area (Å²) in [7, 11) is 0. The normalized spacial score (nSPS) is 18.2. The number of piperidine rings is 1. The Balaban J connectivity index is 1.38. The maximum Gasteiger partial charge on any atom is 0.255 e. The zero-order chi connectivity index (χ0) is 19.7. The van der Waals surface area contributed by atoms with E-state index in [1.165, 1.54) is 23.1 Å². The number of rotatable bonds is 3. The third-order valence-electron chi connectivity index (χ3n) is 5.13. The molecule has 0 unspecified atom stereocenters.